The number of anilines is 1. The molecule has 4 nitrogen and oxygen atoms in total. The Bertz CT molecular complexity index is 443. The molecule has 0 aliphatic carbocycles. The molecule has 4 heteroatoms. The lowest BCUT2D eigenvalue weighted by molar-refractivity contribution is 0.0680. The van der Waals surface area contributed by atoms with E-state index in [0.29, 0.717) is 17.8 Å². The van der Waals surface area contributed by atoms with Crippen LogP contribution in [0.4, 0.5) is 5.69 Å². The zero-order valence-electron chi connectivity index (χ0n) is 12.6. The Kier molecular flexibility index (Phi) is 5.36. The van der Waals surface area contributed by atoms with Gasteiger partial charge in [0.05, 0.1) is 5.56 Å². The number of carbonyl (C=O) groups excluding carboxylic acids is 1. The van der Waals surface area contributed by atoms with Gasteiger partial charge in [0.25, 0.3) is 5.91 Å². The summed E-state index contributed by atoms with van der Waals surface area (Å²) in [6.07, 6.45) is 0. The molecule has 1 rings (SSSR count). The molecular formula is C15H25N3O. The summed E-state index contributed by atoms with van der Waals surface area (Å²) >= 11 is 0. The molecule has 0 saturated heterocycles. The Morgan fingerprint density at radius 3 is 2.53 bits per heavy atom. The lowest BCUT2D eigenvalue weighted by Crippen LogP contribution is -2.43. The van der Waals surface area contributed by atoms with Crippen molar-refractivity contribution in [2.75, 3.05) is 32.9 Å². The van der Waals surface area contributed by atoms with Crippen molar-refractivity contribution in [3.8, 4) is 0 Å². The van der Waals surface area contributed by atoms with Gasteiger partial charge in [-0.1, -0.05) is 12.1 Å². The molecule has 0 aliphatic heterocycles. The Hall–Kier alpha value is -1.55. The Labute approximate surface area is 116 Å². The molecule has 0 saturated carbocycles. The molecular weight excluding hydrogens is 238 g/mol. The number of nitrogens with two attached hydrogens (primary N) is 1. The summed E-state index contributed by atoms with van der Waals surface area (Å²) in [7, 11) is 4.02. The van der Waals surface area contributed by atoms with Crippen LogP contribution in [0.1, 0.15) is 29.8 Å². The monoisotopic (exact) mass is 263 g/mol. The number of hydrogen-bond donors (Lipinski definition) is 1. The molecule has 106 valence electrons. The first-order valence-electron chi connectivity index (χ1n) is 6.69. The summed E-state index contributed by atoms with van der Waals surface area (Å²) in [5.41, 5.74) is 8.16. The second-order valence-electron chi connectivity index (χ2n) is 5.24. The van der Waals surface area contributed by atoms with E-state index in [1.165, 1.54) is 0 Å². The van der Waals surface area contributed by atoms with Gasteiger partial charge in [-0.2, -0.15) is 0 Å². The van der Waals surface area contributed by atoms with Crippen molar-refractivity contribution in [3.05, 3.63) is 29.3 Å². The third-order valence-electron chi connectivity index (χ3n) is 3.32. The summed E-state index contributed by atoms with van der Waals surface area (Å²) in [4.78, 5) is 16.5. The van der Waals surface area contributed by atoms with Crippen molar-refractivity contribution in [1.29, 1.82) is 0 Å². The average Bonchev–Trinajstić information content (AvgIpc) is 2.32. The zero-order chi connectivity index (χ0) is 14.6. The minimum absolute atomic E-state index is 0.0121. The highest BCUT2D eigenvalue weighted by atomic mass is 16.2. The normalized spacial score (nSPS) is 12.5. The van der Waals surface area contributed by atoms with E-state index in [4.69, 9.17) is 5.73 Å². The largest absolute Gasteiger partial charge is 0.398 e. The molecule has 1 atom stereocenters. The molecule has 0 fully saturated rings. The second-order valence-corrected chi connectivity index (χ2v) is 5.24. The fourth-order valence-corrected chi connectivity index (χ4v) is 2.30. The first-order valence-corrected chi connectivity index (χ1v) is 6.69. The van der Waals surface area contributed by atoms with Crippen LogP contribution in [0.25, 0.3) is 0 Å². The second kappa shape index (κ2) is 6.57. The number of likely N-dealkylation sites (N-methyl/N-ethyl adjacent to an activating group) is 2. The molecule has 0 spiro atoms. The number of hydrogen-bond acceptors (Lipinski definition) is 3. The van der Waals surface area contributed by atoms with Crippen molar-refractivity contribution in [3.63, 3.8) is 0 Å². The van der Waals surface area contributed by atoms with Gasteiger partial charge in [0.2, 0.25) is 0 Å². The quantitative estimate of drug-likeness (QED) is 0.827. The van der Waals surface area contributed by atoms with Crippen LogP contribution in [0.3, 0.4) is 0 Å². The van der Waals surface area contributed by atoms with Crippen LogP contribution in [-0.2, 0) is 0 Å². The van der Waals surface area contributed by atoms with Gasteiger partial charge in [0.1, 0.15) is 0 Å². The van der Waals surface area contributed by atoms with E-state index >= 15 is 0 Å². The molecule has 1 amide bonds. The van der Waals surface area contributed by atoms with Gasteiger partial charge in [-0.25, -0.2) is 0 Å². The van der Waals surface area contributed by atoms with Gasteiger partial charge in [-0.05, 0) is 46.5 Å². The van der Waals surface area contributed by atoms with E-state index in [1.54, 1.807) is 6.07 Å². The standard InChI is InChI=1S/C15H25N3O/c1-6-18(12(3)10-17(4)5)15(19)13-9-7-8-11(2)14(13)16/h7-9,12H,6,10,16H2,1-5H3. The molecule has 0 aromatic heterocycles. The van der Waals surface area contributed by atoms with Gasteiger partial charge >= 0.3 is 0 Å². The van der Waals surface area contributed by atoms with Crippen molar-refractivity contribution in [2.24, 2.45) is 0 Å². The number of aryl methyl sites for hydroxylation is 1. The number of para-hydroxylation sites is 1. The van der Waals surface area contributed by atoms with Crippen LogP contribution in [-0.4, -0.2) is 48.9 Å². The van der Waals surface area contributed by atoms with E-state index in [-0.39, 0.29) is 11.9 Å². The Balaban J connectivity index is 2.98. The van der Waals surface area contributed by atoms with Gasteiger partial charge in [0.15, 0.2) is 0 Å². The molecule has 19 heavy (non-hydrogen) atoms. The fourth-order valence-electron chi connectivity index (χ4n) is 2.30. The smallest absolute Gasteiger partial charge is 0.256 e. The molecule has 2 N–H and O–H groups in total. The highest BCUT2D eigenvalue weighted by Crippen LogP contribution is 2.19. The topological polar surface area (TPSA) is 49.6 Å². The van der Waals surface area contributed by atoms with E-state index in [9.17, 15) is 4.79 Å². The maximum absolute atomic E-state index is 12.6. The summed E-state index contributed by atoms with van der Waals surface area (Å²) < 4.78 is 0. The van der Waals surface area contributed by atoms with E-state index in [2.05, 4.69) is 11.8 Å². The minimum atomic E-state index is 0.0121. The highest BCUT2D eigenvalue weighted by Gasteiger charge is 2.22. The molecule has 0 aliphatic rings. The van der Waals surface area contributed by atoms with Gasteiger partial charge in [0, 0.05) is 24.8 Å². The lowest BCUT2D eigenvalue weighted by atomic mass is 10.1. The van der Waals surface area contributed by atoms with Gasteiger partial charge in [-0.15, -0.1) is 0 Å². The highest BCUT2D eigenvalue weighted by molar-refractivity contribution is 5.99. The Morgan fingerprint density at radius 2 is 2.00 bits per heavy atom. The predicted molar refractivity (Wildman–Crippen MR) is 80.3 cm³/mol. The fraction of sp³-hybridized carbons (Fsp3) is 0.533. The number of nitrogen functional groups attached to an aromatic ring is 1. The third kappa shape index (κ3) is 3.70. The maximum Gasteiger partial charge on any atom is 0.256 e. The first-order chi connectivity index (χ1) is 8.88. The predicted octanol–water partition coefficient (Wildman–Crippen LogP) is 1.99. The van der Waals surface area contributed by atoms with Crippen LogP contribution in [0, 0.1) is 6.92 Å². The third-order valence-corrected chi connectivity index (χ3v) is 3.32. The van der Waals surface area contributed by atoms with Crippen LogP contribution < -0.4 is 5.73 Å². The zero-order valence-corrected chi connectivity index (χ0v) is 12.6. The van der Waals surface area contributed by atoms with Crippen LogP contribution in [0.5, 0.6) is 0 Å². The summed E-state index contributed by atoms with van der Waals surface area (Å²) in [6.45, 7) is 7.50. The first kappa shape index (κ1) is 15.5. The van der Waals surface area contributed by atoms with Crippen molar-refractivity contribution in [1.82, 2.24) is 9.80 Å². The molecule has 1 aromatic rings. The number of rotatable bonds is 5. The summed E-state index contributed by atoms with van der Waals surface area (Å²) in [5, 5.41) is 0. The van der Waals surface area contributed by atoms with E-state index < -0.39 is 0 Å². The maximum atomic E-state index is 12.6. The molecule has 0 bridgehead atoms. The molecule has 1 aromatic carbocycles. The van der Waals surface area contributed by atoms with E-state index in [0.717, 1.165) is 12.1 Å². The molecule has 0 radical (unpaired) electrons. The molecule has 1 unspecified atom stereocenters. The summed E-state index contributed by atoms with van der Waals surface area (Å²) in [6, 6.07) is 5.76. The van der Waals surface area contributed by atoms with Crippen LogP contribution in [0.15, 0.2) is 18.2 Å². The Morgan fingerprint density at radius 1 is 1.37 bits per heavy atom. The van der Waals surface area contributed by atoms with Gasteiger partial charge in [-0.3, -0.25) is 4.79 Å². The van der Waals surface area contributed by atoms with Crippen molar-refractivity contribution in [2.45, 2.75) is 26.8 Å². The average molecular weight is 263 g/mol. The van der Waals surface area contributed by atoms with Crippen LogP contribution >= 0.6 is 0 Å². The number of benzene rings is 1. The van der Waals surface area contributed by atoms with E-state index in [1.807, 2.05) is 45.0 Å². The number of carbonyl (C=O) groups is 1. The summed E-state index contributed by atoms with van der Waals surface area (Å²) in [5.74, 6) is 0.0121. The SMILES string of the molecule is CCN(C(=O)c1cccc(C)c1N)C(C)CN(C)C. The molecule has 0 heterocycles. The number of amides is 1. The lowest BCUT2D eigenvalue weighted by Gasteiger charge is -2.30. The van der Waals surface area contributed by atoms with Crippen molar-refractivity contribution < 1.29 is 4.79 Å². The van der Waals surface area contributed by atoms with Crippen molar-refractivity contribution >= 4 is 11.6 Å². The number of nitrogens with zero attached hydrogens (tertiary/aromatic N) is 2. The van der Waals surface area contributed by atoms with Gasteiger partial charge < -0.3 is 15.5 Å². The minimum Gasteiger partial charge on any atom is -0.398 e. The van der Waals surface area contributed by atoms with Crippen LogP contribution in [0.2, 0.25) is 0 Å².